The molecule has 1 heterocycles. The molecule has 1 saturated heterocycles. The Bertz CT molecular complexity index is 420. The molecule has 4 heteroatoms. The van der Waals surface area contributed by atoms with Crippen molar-refractivity contribution in [2.24, 2.45) is 0 Å². The van der Waals surface area contributed by atoms with E-state index in [-0.39, 0.29) is 5.91 Å². The van der Waals surface area contributed by atoms with Crippen molar-refractivity contribution in [2.45, 2.75) is 18.9 Å². The third-order valence-electron chi connectivity index (χ3n) is 3.47. The Labute approximate surface area is 108 Å². The number of nitrogens with zero attached hydrogens (tertiary/aromatic N) is 1. The maximum Gasteiger partial charge on any atom is 0.233 e. The second-order valence-corrected chi connectivity index (χ2v) is 4.58. The van der Waals surface area contributed by atoms with Crippen LogP contribution in [0.4, 0.5) is 0 Å². The van der Waals surface area contributed by atoms with Crippen LogP contribution in [0.25, 0.3) is 0 Å². The summed E-state index contributed by atoms with van der Waals surface area (Å²) in [6.07, 6.45) is 2.24. The summed E-state index contributed by atoms with van der Waals surface area (Å²) in [5, 5.41) is 2.68. The highest BCUT2D eigenvalue weighted by Gasteiger charge is 2.27. The van der Waals surface area contributed by atoms with Crippen molar-refractivity contribution in [1.82, 2.24) is 10.2 Å². The molecule has 0 radical (unpaired) electrons. The molecule has 0 spiro atoms. The molecule has 1 atom stereocenters. The van der Waals surface area contributed by atoms with E-state index in [2.05, 4.69) is 22.3 Å². The number of nitrogens with one attached hydrogen (secondary N) is 1. The van der Waals surface area contributed by atoms with Crippen LogP contribution in [0.15, 0.2) is 24.3 Å². The number of carbonyl (C=O) groups excluding carboxylic acids is 1. The summed E-state index contributed by atoms with van der Waals surface area (Å²) in [6.45, 7) is 1.45. The Kier molecular flexibility index (Phi) is 4.20. The third kappa shape index (κ3) is 2.82. The smallest absolute Gasteiger partial charge is 0.233 e. The Balaban J connectivity index is 2.12. The van der Waals surface area contributed by atoms with Crippen LogP contribution < -0.4 is 10.1 Å². The molecule has 1 unspecified atom stereocenters. The van der Waals surface area contributed by atoms with E-state index in [1.54, 1.807) is 14.2 Å². The number of methoxy groups -OCH3 is 1. The van der Waals surface area contributed by atoms with Crippen LogP contribution in [-0.4, -0.2) is 38.1 Å². The zero-order valence-electron chi connectivity index (χ0n) is 11.0. The van der Waals surface area contributed by atoms with Gasteiger partial charge in [0.2, 0.25) is 5.91 Å². The molecule has 1 aromatic rings. The summed E-state index contributed by atoms with van der Waals surface area (Å²) in [5.41, 5.74) is 1.23. The summed E-state index contributed by atoms with van der Waals surface area (Å²) >= 11 is 0. The average molecular weight is 248 g/mol. The van der Waals surface area contributed by atoms with Crippen molar-refractivity contribution >= 4 is 5.91 Å². The zero-order valence-corrected chi connectivity index (χ0v) is 11.0. The van der Waals surface area contributed by atoms with Gasteiger partial charge in [-0.3, -0.25) is 9.69 Å². The second-order valence-electron chi connectivity index (χ2n) is 4.58. The summed E-state index contributed by atoms with van der Waals surface area (Å²) < 4.78 is 5.25. The van der Waals surface area contributed by atoms with E-state index in [1.165, 1.54) is 5.56 Å². The highest BCUT2D eigenvalue weighted by atomic mass is 16.5. The van der Waals surface area contributed by atoms with Gasteiger partial charge >= 0.3 is 0 Å². The molecular weight excluding hydrogens is 228 g/mol. The highest BCUT2D eigenvalue weighted by Crippen LogP contribution is 2.32. The summed E-state index contributed by atoms with van der Waals surface area (Å²) in [5.74, 6) is 0.948. The lowest BCUT2D eigenvalue weighted by Gasteiger charge is -2.24. The van der Waals surface area contributed by atoms with Crippen molar-refractivity contribution in [3.63, 3.8) is 0 Å². The minimum atomic E-state index is 0.0739. The first-order valence-electron chi connectivity index (χ1n) is 6.33. The lowest BCUT2D eigenvalue weighted by Crippen LogP contribution is -2.35. The minimum Gasteiger partial charge on any atom is -0.497 e. The van der Waals surface area contributed by atoms with Crippen molar-refractivity contribution in [2.75, 3.05) is 27.2 Å². The maximum absolute atomic E-state index is 11.5. The number of rotatable bonds is 4. The normalized spacial score (nSPS) is 19.8. The number of benzene rings is 1. The molecule has 18 heavy (non-hydrogen) atoms. The highest BCUT2D eigenvalue weighted by molar-refractivity contribution is 5.77. The molecule has 4 nitrogen and oxygen atoms in total. The van der Waals surface area contributed by atoms with Gasteiger partial charge in [0.1, 0.15) is 5.75 Å². The Hall–Kier alpha value is -1.55. The van der Waals surface area contributed by atoms with Gasteiger partial charge in [-0.2, -0.15) is 0 Å². The number of likely N-dealkylation sites (tertiary alicyclic amines) is 1. The molecule has 1 aliphatic heterocycles. The van der Waals surface area contributed by atoms with Crippen LogP contribution in [0, 0.1) is 0 Å². The van der Waals surface area contributed by atoms with Crippen LogP contribution in [0.2, 0.25) is 0 Å². The van der Waals surface area contributed by atoms with E-state index in [0.29, 0.717) is 12.6 Å². The summed E-state index contributed by atoms with van der Waals surface area (Å²) in [4.78, 5) is 13.7. The van der Waals surface area contributed by atoms with Gasteiger partial charge < -0.3 is 10.1 Å². The van der Waals surface area contributed by atoms with Gasteiger partial charge in [0, 0.05) is 13.1 Å². The number of hydrogen-bond donors (Lipinski definition) is 1. The largest absolute Gasteiger partial charge is 0.497 e. The third-order valence-corrected chi connectivity index (χ3v) is 3.47. The average Bonchev–Trinajstić information content (AvgIpc) is 2.86. The first-order valence-corrected chi connectivity index (χ1v) is 6.33. The quantitative estimate of drug-likeness (QED) is 0.879. The lowest BCUT2D eigenvalue weighted by molar-refractivity contribution is -0.122. The second kappa shape index (κ2) is 5.87. The van der Waals surface area contributed by atoms with Crippen LogP contribution in [0.3, 0.4) is 0 Å². The molecule has 1 aliphatic rings. The van der Waals surface area contributed by atoms with Crippen molar-refractivity contribution in [3.8, 4) is 5.75 Å². The van der Waals surface area contributed by atoms with Crippen LogP contribution >= 0.6 is 0 Å². The SMILES string of the molecule is CNC(=O)CN1CCCC1c1cccc(OC)c1. The number of ether oxygens (including phenoxy) is 1. The standard InChI is InChI=1S/C14H20N2O2/c1-15-14(17)10-16-8-4-7-13(16)11-5-3-6-12(9-11)18-2/h3,5-6,9,13H,4,7-8,10H2,1-2H3,(H,15,17). The summed E-state index contributed by atoms with van der Waals surface area (Å²) in [7, 11) is 3.36. The van der Waals surface area contributed by atoms with Gasteiger partial charge in [0.05, 0.1) is 13.7 Å². The molecule has 0 aromatic heterocycles. The Morgan fingerprint density at radius 1 is 1.56 bits per heavy atom. The van der Waals surface area contributed by atoms with Gasteiger partial charge in [-0.15, -0.1) is 0 Å². The number of hydrogen-bond acceptors (Lipinski definition) is 3. The van der Waals surface area contributed by atoms with Crippen molar-refractivity contribution in [1.29, 1.82) is 0 Å². The molecule has 2 rings (SSSR count). The molecule has 1 N–H and O–H groups in total. The van der Waals surface area contributed by atoms with Gasteiger partial charge in [-0.1, -0.05) is 12.1 Å². The monoisotopic (exact) mass is 248 g/mol. The molecule has 1 fully saturated rings. The van der Waals surface area contributed by atoms with E-state index in [9.17, 15) is 4.79 Å². The van der Waals surface area contributed by atoms with E-state index in [0.717, 1.165) is 25.1 Å². The molecule has 0 bridgehead atoms. The predicted molar refractivity (Wildman–Crippen MR) is 70.6 cm³/mol. The molecule has 0 saturated carbocycles. The summed E-state index contributed by atoms with van der Waals surface area (Å²) in [6, 6.07) is 8.45. The maximum atomic E-state index is 11.5. The van der Waals surface area contributed by atoms with Crippen LogP contribution in [-0.2, 0) is 4.79 Å². The van der Waals surface area contributed by atoms with Gasteiger partial charge in [-0.05, 0) is 37.1 Å². The van der Waals surface area contributed by atoms with E-state index < -0.39 is 0 Å². The van der Waals surface area contributed by atoms with E-state index in [4.69, 9.17) is 4.74 Å². The molecule has 1 amide bonds. The topological polar surface area (TPSA) is 41.6 Å². The molecular formula is C14H20N2O2. The number of amides is 1. The fourth-order valence-electron chi connectivity index (χ4n) is 2.51. The Morgan fingerprint density at radius 2 is 2.39 bits per heavy atom. The van der Waals surface area contributed by atoms with Crippen molar-refractivity contribution in [3.05, 3.63) is 29.8 Å². The van der Waals surface area contributed by atoms with Gasteiger partial charge in [0.15, 0.2) is 0 Å². The minimum absolute atomic E-state index is 0.0739. The molecule has 1 aromatic carbocycles. The number of likely N-dealkylation sites (N-methyl/N-ethyl adjacent to an activating group) is 1. The predicted octanol–water partition coefficient (Wildman–Crippen LogP) is 1.58. The lowest BCUT2D eigenvalue weighted by atomic mass is 10.0. The molecule has 98 valence electrons. The fourth-order valence-corrected chi connectivity index (χ4v) is 2.51. The van der Waals surface area contributed by atoms with E-state index >= 15 is 0 Å². The van der Waals surface area contributed by atoms with Gasteiger partial charge in [0.25, 0.3) is 0 Å². The van der Waals surface area contributed by atoms with E-state index in [1.807, 2.05) is 12.1 Å². The first kappa shape index (κ1) is 12.9. The van der Waals surface area contributed by atoms with Gasteiger partial charge in [-0.25, -0.2) is 0 Å². The first-order chi connectivity index (χ1) is 8.74. The fraction of sp³-hybridized carbons (Fsp3) is 0.500. The van der Waals surface area contributed by atoms with Crippen molar-refractivity contribution < 1.29 is 9.53 Å². The zero-order chi connectivity index (χ0) is 13.0. The Morgan fingerprint density at radius 3 is 3.11 bits per heavy atom. The molecule has 0 aliphatic carbocycles. The number of carbonyl (C=O) groups is 1. The van der Waals surface area contributed by atoms with Crippen LogP contribution in [0.1, 0.15) is 24.4 Å². The van der Waals surface area contributed by atoms with Crippen LogP contribution in [0.5, 0.6) is 5.75 Å².